The third-order valence-corrected chi connectivity index (χ3v) is 5.29. The minimum Gasteiger partial charge on any atom is -0.465 e. The number of methoxy groups -OCH3 is 1. The molecule has 3 rings (SSSR count). The average Bonchev–Trinajstić information content (AvgIpc) is 3.11. The Morgan fingerprint density at radius 1 is 1.11 bits per heavy atom. The largest absolute Gasteiger partial charge is 0.465 e. The summed E-state index contributed by atoms with van der Waals surface area (Å²) in [5.74, 6) is -1.32. The SMILES string of the molecule is COC(=O)c1c(-c2ccc(F)cc2)csc1NC(=O)C=Cc1ccc(Br)cc1. The first-order valence-electron chi connectivity index (χ1n) is 8.18. The van der Waals surface area contributed by atoms with Gasteiger partial charge in [0, 0.05) is 21.5 Å². The predicted molar refractivity (Wildman–Crippen MR) is 113 cm³/mol. The van der Waals surface area contributed by atoms with Crippen molar-refractivity contribution in [2.24, 2.45) is 0 Å². The number of ether oxygens (including phenoxy) is 1. The Morgan fingerprint density at radius 3 is 2.43 bits per heavy atom. The van der Waals surface area contributed by atoms with E-state index in [2.05, 4.69) is 21.2 Å². The molecule has 3 aromatic rings. The molecule has 0 radical (unpaired) electrons. The van der Waals surface area contributed by atoms with E-state index < -0.39 is 5.97 Å². The van der Waals surface area contributed by atoms with Gasteiger partial charge in [-0.15, -0.1) is 11.3 Å². The van der Waals surface area contributed by atoms with Crippen LogP contribution in [0.2, 0.25) is 0 Å². The molecule has 0 saturated heterocycles. The third kappa shape index (κ3) is 4.74. The molecule has 1 N–H and O–H groups in total. The highest BCUT2D eigenvalue weighted by atomic mass is 79.9. The number of halogens is 2. The zero-order valence-electron chi connectivity index (χ0n) is 14.7. The lowest BCUT2D eigenvalue weighted by atomic mass is 10.0. The van der Waals surface area contributed by atoms with Gasteiger partial charge >= 0.3 is 5.97 Å². The summed E-state index contributed by atoms with van der Waals surface area (Å²) >= 11 is 4.56. The normalized spacial score (nSPS) is 10.8. The van der Waals surface area contributed by atoms with E-state index in [9.17, 15) is 14.0 Å². The molecule has 1 heterocycles. The number of nitrogens with one attached hydrogen (secondary N) is 1. The van der Waals surface area contributed by atoms with Gasteiger partial charge in [-0.3, -0.25) is 4.79 Å². The zero-order chi connectivity index (χ0) is 20.1. The number of hydrogen-bond acceptors (Lipinski definition) is 4. The zero-order valence-corrected chi connectivity index (χ0v) is 17.1. The first kappa shape index (κ1) is 20.0. The van der Waals surface area contributed by atoms with Gasteiger partial charge in [-0.05, 0) is 41.5 Å². The number of rotatable bonds is 5. The monoisotopic (exact) mass is 459 g/mol. The van der Waals surface area contributed by atoms with Crippen LogP contribution in [-0.2, 0) is 9.53 Å². The van der Waals surface area contributed by atoms with Crippen molar-refractivity contribution in [3.63, 3.8) is 0 Å². The molecule has 0 bridgehead atoms. The Bertz CT molecular complexity index is 1030. The number of amides is 1. The van der Waals surface area contributed by atoms with Crippen molar-refractivity contribution in [1.29, 1.82) is 0 Å². The van der Waals surface area contributed by atoms with Crippen LogP contribution in [0.1, 0.15) is 15.9 Å². The Balaban J connectivity index is 1.85. The number of carbonyl (C=O) groups is 2. The number of esters is 1. The van der Waals surface area contributed by atoms with Crippen molar-refractivity contribution in [2.45, 2.75) is 0 Å². The van der Waals surface area contributed by atoms with E-state index in [1.807, 2.05) is 24.3 Å². The van der Waals surface area contributed by atoms with Crippen LogP contribution < -0.4 is 5.32 Å². The molecule has 28 heavy (non-hydrogen) atoms. The van der Waals surface area contributed by atoms with Gasteiger partial charge in [0.15, 0.2) is 0 Å². The highest BCUT2D eigenvalue weighted by molar-refractivity contribution is 9.10. The lowest BCUT2D eigenvalue weighted by Crippen LogP contribution is -2.11. The highest BCUT2D eigenvalue weighted by Crippen LogP contribution is 2.36. The standard InChI is InChI=1S/C21H15BrFNO3S/c1-27-21(26)19-17(14-5-9-16(23)10-6-14)12-28-20(19)24-18(25)11-4-13-2-7-15(22)8-3-13/h2-12H,1H3,(H,24,25). The fourth-order valence-corrected chi connectivity index (χ4v) is 3.72. The molecule has 0 aliphatic rings. The Morgan fingerprint density at radius 2 is 1.79 bits per heavy atom. The van der Waals surface area contributed by atoms with E-state index in [4.69, 9.17) is 4.74 Å². The van der Waals surface area contributed by atoms with Crippen LogP contribution in [0.3, 0.4) is 0 Å². The van der Waals surface area contributed by atoms with Crippen molar-refractivity contribution in [1.82, 2.24) is 0 Å². The molecule has 0 saturated carbocycles. The lowest BCUT2D eigenvalue weighted by Gasteiger charge is -2.06. The van der Waals surface area contributed by atoms with Crippen molar-refractivity contribution < 1.29 is 18.7 Å². The maximum absolute atomic E-state index is 13.2. The first-order chi connectivity index (χ1) is 13.5. The van der Waals surface area contributed by atoms with Gasteiger partial charge in [0.2, 0.25) is 5.91 Å². The molecule has 0 aliphatic carbocycles. The van der Waals surface area contributed by atoms with Crippen LogP contribution in [0.4, 0.5) is 9.39 Å². The van der Waals surface area contributed by atoms with Crippen LogP contribution in [0, 0.1) is 5.82 Å². The van der Waals surface area contributed by atoms with Crippen molar-refractivity contribution in [3.8, 4) is 11.1 Å². The maximum Gasteiger partial charge on any atom is 0.341 e. The van der Waals surface area contributed by atoms with Gasteiger partial charge in [-0.1, -0.05) is 40.2 Å². The molecule has 1 amide bonds. The van der Waals surface area contributed by atoms with Gasteiger partial charge in [0.25, 0.3) is 0 Å². The highest BCUT2D eigenvalue weighted by Gasteiger charge is 2.21. The van der Waals surface area contributed by atoms with E-state index >= 15 is 0 Å². The number of thiophene rings is 1. The summed E-state index contributed by atoms with van der Waals surface area (Å²) in [4.78, 5) is 24.6. The number of carbonyl (C=O) groups excluding carboxylic acids is 2. The molecule has 4 nitrogen and oxygen atoms in total. The summed E-state index contributed by atoms with van der Waals surface area (Å²) in [5.41, 5.74) is 2.34. The van der Waals surface area contributed by atoms with Crippen molar-refractivity contribution in [3.05, 3.63) is 81.4 Å². The molecule has 0 aliphatic heterocycles. The first-order valence-corrected chi connectivity index (χ1v) is 9.85. The summed E-state index contributed by atoms with van der Waals surface area (Å²) < 4.78 is 19.0. The van der Waals surface area contributed by atoms with Crippen molar-refractivity contribution in [2.75, 3.05) is 12.4 Å². The molecule has 0 unspecified atom stereocenters. The minimum atomic E-state index is -0.576. The molecule has 7 heteroatoms. The second-order valence-electron chi connectivity index (χ2n) is 5.73. The smallest absolute Gasteiger partial charge is 0.341 e. The topological polar surface area (TPSA) is 55.4 Å². The van der Waals surface area contributed by atoms with Gasteiger partial charge in [-0.25, -0.2) is 9.18 Å². The fraction of sp³-hybridized carbons (Fsp3) is 0.0476. The number of anilines is 1. The molecule has 142 valence electrons. The van der Waals surface area contributed by atoms with E-state index in [0.717, 1.165) is 10.0 Å². The Kier molecular flexibility index (Phi) is 6.38. The second kappa shape index (κ2) is 8.95. The van der Waals surface area contributed by atoms with E-state index in [0.29, 0.717) is 16.1 Å². The van der Waals surface area contributed by atoms with Crippen molar-refractivity contribution >= 4 is 50.2 Å². The average molecular weight is 460 g/mol. The number of hydrogen-bond donors (Lipinski definition) is 1. The molecule has 2 aromatic carbocycles. The predicted octanol–water partition coefficient (Wildman–Crippen LogP) is 5.76. The molecular weight excluding hydrogens is 445 g/mol. The van der Waals surface area contributed by atoms with Gasteiger partial charge in [0.05, 0.1) is 7.11 Å². The summed E-state index contributed by atoms with van der Waals surface area (Å²) in [6.45, 7) is 0. The molecule has 1 aromatic heterocycles. The summed E-state index contributed by atoms with van der Waals surface area (Å²) in [7, 11) is 1.27. The van der Waals surface area contributed by atoms with E-state index in [1.54, 1.807) is 23.6 Å². The van der Waals surface area contributed by atoms with Gasteiger partial charge in [-0.2, -0.15) is 0 Å². The third-order valence-electron chi connectivity index (χ3n) is 3.87. The van der Waals surface area contributed by atoms with Crippen LogP contribution in [0.5, 0.6) is 0 Å². The van der Waals surface area contributed by atoms with Gasteiger partial charge < -0.3 is 10.1 Å². The maximum atomic E-state index is 13.2. The van der Waals surface area contributed by atoms with Crippen LogP contribution in [0.15, 0.2) is 64.5 Å². The molecular formula is C21H15BrFNO3S. The summed E-state index contributed by atoms with van der Waals surface area (Å²) in [6.07, 6.45) is 3.07. The molecule has 0 fully saturated rings. The van der Waals surface area contributed by atoms with Crippen LogP contribution in [-0.4, -0.2) is 19.0 Å². The van der Waals surface area contributed by atoms with Crippen LogP contribution in [0.25, 0.3) is 17.2 Å². The summed E-state index contributed by atoms with van der Waals surface area (Å²) in [5, 5.41) is 4.82. The Labute approximate surface area is 173 Å². The molecule has 0 spiro atoms. The van der Waals surface area contributed by atoms with Gasteiger partial charge in [0.1, 0.15) is 16.4 Å². The summed E-state index contributed by atoms with van der Waals surface area (Å²) in [6, 6.07) is 13.3. The Hall–Kier alpha value is -2.77. The lowest BCUT2D eigenvalue weighted by molar-refractivity contribution is -0.111. The fourth-order valence-electron chi connectivity index (χ4n) is 2.50. The molecule has 0 atom stereocenters. The quantitative estimate of drug-likeness (QED) is 0.390. The second-order valence-corrected chi connectivity index (χ2v) is 7.52. The van der Waals surface area contributed by atoms with E-state index in [-0.39, 0.29) is 17.3 Å². The number of benzene rings is 2. The minimum absolute atomic E-state index is 0.240. The van der Waals surface area contributed by atoms with E-state index in [1.165, 1.54) is 36.7 Å². The van der Waals surface area contributed by atoms with Crippen LogP contribution >= 0.6 is 27.3 Å².